The number of primary sulfonamides is 1. The van der Waals surface area contributed by atoms with Gasteiger partial charge in [-0.05, 0) is 31.6 Å². The number of carbonyl (C=O) groups is 1. The molecule has 14 heavy (non-hydrogen) atoms. The summed E-state index contributed by atoms with van der Waals surface area (Å²) in [7, 11) is -3.72. The summed E-state index contributed by atoms with van der Waals surface area (Å²) in [4.78, 5) is 11.1. The van der Waals surface area contributed by atoms with E-state index in [0.29, 0.717) is 19.3 Å². The number of carboxylic acid groups (broad SMARTS) is 1. The minimum Gasteiger partial charge on any atom is -0.481 e. The normalized spacial score (nSPS) is 41.5. The standard InChI is InChI=1S/C8H13NO4S/c9-14(12,13)6-3-5-1-2-8(6,4-5)7(10)11/h5-6H,1-4H2,(H,10,11)(H2,9,12,13). The van der Waals surface area contributed by atoms with E-state index in [2.05, 4.69) is 0 Å². The molecule has 80 valence electrons. The molecule has 2 fully saturated rings. The lowest BCUT2D eigenvalue weighted by Crippen LogP contribution is -2.45. The zero-order chi connectivity index (χ0) is 10.6. The Balaban J connectivity index is 2.42. The van der Waals surface area contributed by atoms with Gasteiger partial charge in [0.2, 0.25) is 10.0 Å². The number of fused-ring (bicyclic) bond motifs is 2. The monoisotopic (exact) mass is 219 g/mol. The average molecular weight is 219 g/mol. The molecule has 0 saturated heterocycles. The Labute approximate surface area is 82.3 Å². The van der Waals surface area contributed by atoms with Crippen molar-refractivity contribution in [1.29, 1.82) is 0 Å². The quantitative estimate of drug-likeness (QED) is 0.678. The van der Waals surface area contributed by atoms with E-state index in [0.717, 1.165) is 6.42 Å². The van der Waals surface area contributed by atoms with Gasteiger partial charge in [0.1, 0.15) is 0 Å². The first-order valence-corrected chi connectivity index (χ1v) is 6.22. The van der Waals surface area contributed by atoms with Crippen LogP contribution in [-0.4, -0.2) is 24.7 Å². The molecule has 0 aliphatic heterocycles. The highest BCUT2D eigenvalue weighted by atomic mass is 32.2. The van der Waals surface area contributed by atoms with Gasteiger partial charge in [-0.1, -0.05) is 0 Å². The Bertz CT molecular complexity index is 377. The van der Waals surface area contributed by atoms with E-state index < -0.39 is 26.7 Å². The lowest BCUT2D eigenvalue weighted by Gasteiger charge is -2.28. The van der Waals surface area contributed by atoms with Crippen LogP contribution in [-0.2, 0) is 14.8 Å². The van der Waals surface area contributed by atoms with Crippen molar-refractivity contribution in [1.82, 2.24) is 0 Å². The molecule has 0 radical (unpaired) electrons. The number of carboxylic acids is 1. The summed E-state index contributed by atoms with van der Waals surface area (Å²) in [5.41, 5.74) is -1.09. The molecule has 2 aliphatic rings. The van der Waals surface area contributed by atoms with Crippen LogP contribution >= 0.6 is 0 Å². The molecule has 0 aromatic rings. The van der Waals surface area contributed by atoms with Crippen LogP contribution in [0.4, 0.5) is 0 Å². The number of aliphatic carboxylic acids is 1. The summed E-state index contributed by atoms with van der Waals surface area (Å²) in [6, 6.07) is 0. The summed E-state index contributed by atoms with van der Waals surface area (Å²) in [6.45, 7) is 0. The summed E-state index contributed by atoms with van der Waals surface area (Å²) in [5, 5.41) is 13.3. The molecule has 2 rings (SSSR count). The van der Waals surface area contributed by atoms with Crippen molar-refractivity contribution in [2.45, 2.75) is 30.9 Å². The van der Waals surface area contributed by atoms with Crippen LogP contribution in [0, 0.1) is 11.3 Å². The van der Waals surface area contributed by atoms with Gasteiger partial charge < -0.3 is 5.11 Å². The molecule has 2 aliphatic carbocycles. The SMILES string of the molecule is NS(=O)(=O)C1CC2CCC1(C(=O)O)C2. The van der Waals surface area contributed by atoms with Gasteiger partial charge in [-0.3, -0.25) is 4.79 Å². The molecular weight excluding hydrogens is 206 g/mol. The highest BCUT2D eigenvalue weighted by Gasteiger charge is 2.60. The third-order valence-electron chi connectivity index (χ3n) is 3.64. The summed E-state index contributed by atoms with van der Waals surface area (Å²) < 4.78 is 22.5. The Hall–Kier alpha value is -0.620. The zero-order valence-electron chi connectivity index (χ0n) is 7.64. The van der Waals surface area contributed by atoms with E-state index in [-0.39, 0.29) is 5.92 Å². The summed E-state index contributed by atoms with van der Waals surface area (Å²) in [5.74, 6) is -0.772. The van der Waals surface area contributed by atoms with Crippen molar-refractivity contribution in [2.75, 3.05) is 0 Å². The van der Waals surface area contributed by atoms with Gasteiger partial charge in [0.05, 0.1) is 10.7 Å². The van der Waals surface area contributed by atoms with Crippen molar-refractivity contribution < 1.29 is 18.3 Å². The lowest BCUT2D eigenvalue weighted by molar-refractivity contribution is -0.148. The van der Waals surface area contributed by atoms with Gasteiger partial charge in [0, 0.05) is 0 Å². The fourth-order valence-corrected chi connectivity index (χ4v) is 4.47. The van der Waals surface area contributed by atoms with E-state index in [9.17, 15) is 13.2 Å². The Morgan fingerprint density at radius 3 is 2.50 bits per heavy atom. The maximum Gasteiger partial charge on any atom is 0.311 e. The van der Waals surface area contributed by atoms with Crippen LogP contribution < -0.4 is 5.14 Å². The third-order valence-corrected chi connectivity index (χ3v) is 5.07. The Morgan fingerprint density at radius 2 is 2.14 bits per heavy atom. The van der Waals surface area contributed by atoms with Crippen LogP contribution in [0.25, 0.3) is 0 Å². The second-order valence-electron chi connectivity index (χ2n) is 4.38. The second kappa shape index (κ2) is 2.70. The highest BCUT2D eigenvalue weighted by Crippen LogP contribution is 2.56. The van der Waals surface area contributed by atoms with Gasteiger partial charge >= 0.3 is 5.97 Å². The molecule has 0 amide bonds. The number of sulfonamides is 1. The fourth-order valence-electron chi connectivity index (χ4n) is 2.98. The molecule has 0 heterocycles. The highest BCUT2D eigenvalue weighted by molar-refractivity contribution is 7.89. The molecule has 2 bridgehead atoms. The van der Waals surface area contributed by atoms with Crippen LogP contribution in [0.1, 0.15) is 25.7 Å². The molecule has 3 unspecified atom stereocenters. The van der Waals surface area contributed by atoms with E-state index >= 15 is 0 Å². The van der Waals surface area contributed by atoms with Crippen LogP contribution in [0.15, 0.2) is 0 Å². The maximum absolute atomic E-state index is 11.2. The third kappa shape index (κ3) is 1.17. The Kier molecular flexibility index (Phi) is 1.91. The number of nitrogens with two attached hydrogens (primary N) is 1. The van der Waals surface area contributed by atoms with Crippen molar-refractivity contribution in [3.8, 4) is 0 Å². The number of hydrogen-bond donors (Lipinski definition) is 2. The van der Waals surface area contributed by atoms with Gasteiger partial charge in [-0.15, -0.1) is 0 Å². The topological polar surface area (TPSA) is 97.5 Å². The predicted molar refractivity (Wildman–Crippen MR) is 48.9 cm³/mol. The van der Waals surface area contributed by atoms with E-state index in [1.807, 2.05) is 0 Å². The first-order chi connectivity index (χ1) is 6.36. The largest absolute Gasteiger partial charge is 0.481 e. The molecular formula is C8H13NO4S. The van der Waals surface area contributed by atoms with Crippen molar-refractivity contribution >= 4 is 16.0 Å². The molecule has 3 N–H and O–H groups in total. The van der Waals surface area contributed by atoms with Crippen molar-refractivity contribution in [2.24, 2.45) is 16.5 Å². The molecule has 2 saturated carbocycles. The number of hydrogen-bond acceptors (Lipinski definition) is 3. The molecule has 0 aromatic heterocycles. The molecule has 0 aromatic carbocycles. The predicted octanol–water partition coefficient (Wildman–Crippen LogP) is -0.0817. The summed E-state index contributed by atoms with van der Waals surface area (Å²) >= 11 is 0. The fraction of sp³-hybridized carbons (Fsp3) is 0.875. The molecule has 3 atom stereocenters. The minimum atomic E-state index is -3.72. The lowest BCUT2D eigenvalue weighted by atomic mass is 9.84. The van der Waals surface area contributed by atoms with Crippen LogP contribution in [0.2, 0.25) is 0 Å². The first kappa shape index (κ1) is 9.92. The molecule has 0 spiro atoms. The van der Waals surface area contributed by atoms with E-state index in [4.69, 9.17) is 10.2 Å². The minimum absolute atomic E-state index is 0.231. The molecule has 6 heteroatoms. The zero-order valence-corrected chi connectivity index (χ0v) is 8.46. The second-order valence-corrected chi connectivity index (χ2v) is 6.13. The Morgan fingerprint density at radius 1 is 1.50 bits per heavy atom. The smallest absolute Gasteiger partial charge is 0.311 e. The van der Waals surface area contributed by atoms with Crippen molar-refractivity contribution in [3.05, 3.63) is 0 Å². The van der Waals surface area contributed by atoms with Gasteiger partial charge in [0.15, 0.2) is 0 Å². The van der Waals surface area contributed by atoms with E-state index in [1.165, 1.54) is 0 Å². The van der Waals surface area contributed by atoms with Gasteiger partial charge in [0.25, 0.3) is 0 Å². The van der Waals surface area contributed by atoms with Gasteiger partial charge in [-0.2, -0.15) is 0 Å². The van der Waals surface area contributed by atoms with Crippen LogP contribution in [0.3, 0.4) is 0 Å². The van der Waals surface area contributed by atoms with Crippen molar-refractivity contribution in [3.63, 3.8) is 0 Å². The average Bonchev–Trinajstić information content (AvgIpc) is 2.59. The summed E-state index contributed by atoms with van der Waals surface area (Å²) in [6.07, 6.45) is 2.17. The van der Waals surface area contributed by atoms with E-state index in [1.54, 1.807) is 0 Å². The maximum atomic E-state index is 11.2. The van der Waals surface area contributed by atoms with Crippen LogP contribution in [0.5, 0.6) is 0 Å². The number of rotatable bonds is 2. The first-order valence-electron chi connectivity index (χ1n) is 4.61. The van der Waals surface area contributed by atoms with Gasteiger partial charge in [-0.25, -0.2) is 13.6 Å². The molecule has 5 nitrogen and oxygen atoms in total.